The normalized spacial score (nSPS) is 12.4. The van der Waals surface area contributed by atoms with Gasteiger partial charge in [-0.25, -0.2) is 8.42 Å². The highest BCUT2D eigenvalue weighted by Crippen LogP contribution is 2.24. The predicted molar refractivity (Wildman–Crippen MR) is 62.4 cm³/mol. The van der Waals surface area contributed by atoms with Crippen molar-refractivity contribution in [1.82, 2.24) is 0 Å². The van der Waals surface area contributed by atoms with Crippen molar-refractivity contribution in [2.24, 2.45) is 0 Å². The minimum atomic E-state index is -3.87. The highest BCUT2D eigenvalue weighted by atomic mass is 32.2. The summed E-state index contributed by atoms with van der Waals surface area (Å²) >= 11 is 0. The van der Waals surface area contributed by atoms with Crippen LogP contribution in [0.5, 0.6) is 0 Å². The molecule has 0 bridgehead atoms. The molecule has 1 aromatic carbocycles. The van der Waals surface area contributed by atoms with Crippen LogP contribution in [0.25, 0.3) is 0 Å². The molecule has 5 nitrogen and oxygen atoms in total. The van der Waals surface area contributed by atoms with Gasteiger partial charge in [0.15, 0.2) is 0 Å². The van der Waals surface area contributed by atoms with Gasteiger partial charge in [0, 0.05) is 26.0 Å². The number of Topliss-reactive ketones (excluding diaryl/α,β-unsaturated/α-hetero) is 1. The second kappa shape index (κ2) is 4.95. The average Bonchev–Trinajstić information content (AvgIpc) is 2.30. The maximum absolute atomic E-state index is 12.1. The lowest BCUT2D eigenvalue weighted by Gasteiger charge is -2.26. The van der Waals surface area contributed by atoms with Crippen LogP contribution >= 0.6 is 0 Å². The van der Waals surface area contributed by atoms with Gasteiger partial charge in [-0.3, -0.25) is 4.79 Å². The van der Waals surface area contributed by atoms with Crippen molar-refractivity contribution >= 4 is 15.6 Å². The Morgan fingerprint density at radius 1 is 1.12 bits per heavy atom. The fourth-order valence-corrected chi connectivity index (χ4v) is 2.57. The lowest BCUT2D eigenvalue weighted by atomic mass is 10.1. The highest BCUT2D eigenvalue weighted by molar-refractivity contribution is 7.92. The van der Waals surface area contributed by atoms with Gasteiger partial charge < -0.3 is 9.47 Å². The van der Waals surface area contributed by atoms with E-state index >= 15 is 0 Å². The van der Waals surface area contributed by atoms with Gasteiger partial charge in [-0.1, -0.05) is 30.3 Å². The lowest BCUT2D eigenvalue weighted by Crippen LogP contribution is -2.49. The van der Waals surface area contributed by atoms with Crippen LogP contribution in [0.3, 0.4) is 0 Å². The molecule has 1 aromatic rings. The number of hydrogen-bond acceptors (Lipinski definition) is 5. The van der Waals surface area contributed by atoms with Crippen LogP contribution in [0, 0.1) is 0 Å². The number of ether oxygens (including phenoxy) is 2. The Balaban J connectivity index is 3.32. The third kappa shape index (κ3) is 2.38. The topological polar surface area (TPSA) is 69.7 Å². The van der Waals surface area contributed by atoms with Gasteiger partial charge in [0.05, 0.1) is 0 Å². The first kappa shape index (κ1) is 13.8. The monoisotopic (exact) mass is 258 g/mol. The van der Waals surface area contributed by atoms with Crippen LogP contribution in [-0.4, -0.2) is 39.8 Å². The number of ketones is 1. The molecule has 94 valence electrons. The molecule has 0 saturated heterocycles. The van der Waals surface area contributed by atoms with E-state index in [2.05, 4.69) is 0 Å². The molecule has 0 fully saturated rings. The number of hydrogen-bond donors (Lipinski definition) is 0. The Morgan fingerprint density at radius 3 is 1.94 bits per heavy atom. The molecule has 1 rings (SSSR count). The van der Waals surface area contributed by atoms with E-state index in [0.29, 0.717) is 0 Å². The summed E-state index contributed by atoms with van der Waals surface area (Å²) in [5.74, 6) is -0.745. The Hall–Kier alpha value is -1.24. The molecule has 0 spiro atoms. The summed E-state index contributed by atoms with van der Waals surface area (Å²) in [6, 6.07) is 7.98. The van der Waals surface area contributed by atoms with Gasteiger partial charge in [0.25, 0.3) is 0 Å². The van der Waals surface area contributed by atoms with Crippen molar-refractivity contribution in [2.45, 2.75) is 5.12 Å². The van der Waals surface area contributed by atoms with Gasteiger partial charge in [-0.15, -0.1) is 0 Å². The fraction of sp³-hybridized carbons (Fsp3) is 0.364. The SMILES string of the molecule is COC(OC)(C(=O)c1ccccc1)S(C)(=O)=O. The van der Waals surface area contributed by atoms with E-state index in [1.165, 1.54) is 12.1 Å². The molecule has 0 amide bonds. The standard InChI is InChI=1S/C11H14O5S/c1-15-11(16-2,17(3,13)14)10(12)9-7-5-4-6-8-9/h4-8H,1-3H3. The van der Waals surface area contributed by atoms with Crippen LogP contribution < -0.4 is 0 Å². The number of carbonyl (C=O) groups is 1. The van der Waals surface area contributed by atoms with Crippen molar-refractivity contribution in [3.63, 3.8) is 0 Å². The van der Waals surface area contributed by atoms with E-state index in [1.807, 2.05) is 0 Å². The molecule has 17 heavy (non-hydrogen) atoms. The van der Waals surface area contributed by atoms with Crippen molar-refractivity contribution in [3.8, 4) is 0 Å². The van der Waals surface area contributed by atoms with Crippen LogP contribution in [0.15, 0.2) is 30.3 Å². The average molecular weight is 258 g/mol. The van der Waals surface area contributed by atoms with Crippen LogP contribution in [-0.2, 0) is 19.3 Å². The van der Waals surface area contributed by atoms with Crippen molar-refractivity contribution in [2.75, 3.05) is 20.5 Å². The molecule has 0 unspecified atom stereocenters. The third-order valence-electron chi connectivity index (χ3n) is 2.34. The molecule has 0 aliphatic carbocycles. The molecular formula is C11H14O5S. The Labute approximate surface area is 100 Å². The molecule has 0 aromatic heterocycles. The minimum absolute atomic E-state index is 0.210. The fourth-order valence-electron chi connectivity index (χ4n) is 1.51. The largest absolute Gasteiger partial charge is 0.339 e. The van der Waals surface area contributed by atoms with Gasteiger partial charge >= 0.3 is 5.12 Å². The zero-order chi connectivity index (χ0) is 13.1. The van der Waals surface area contributed by atoms with E-state index < -0.39 is 20.7 Å². The van der Waals surface area contributed by atoms with Gasteiger partial charge in [0.2, 0.25) is 15.6 Å². The van der Waals surface area contributed by atoms with Crippen molar-refractivity contribution in [3.05, 3.63) is 35.9 Å². The number of sulfone groups is 1. The second-order valence-corrected chi connectivity index (χ2v) is 5.51. The summed E-state index contributed by atoms with van der Waals surface area (Å²) in [5.41, 5.74) is 0.210. The molecule has 0 radical (unpaired) electrons. The summed E-state index contributed by atoms with van der Waals surface area (Å²) < 4.78 is 32.9. The molecule has 0 aliphatic rings. The summed E-state index contributed by atoms with van der Waals surface area (Å²) in [5, 5.41) is -2.28. The number of carbonyl (C=O) groups excluding carboxylic acids is 1. The Kier molecular flexibility index (Phi) is 4.03. The van der Waals surface area contributed by atoms with Crippen molar-refractivity contribution < 1.29 is 22.7 Å². The third-order valence-corrected chi connectivity index (χ3v) is 3.83. The quantitative estimate of drug-likeness (QED) is 0.578. The minimum Gasteiger partial charge on any atom is -0.335 e. The predicted octanol–water partition coefficient (Wildman–Crippen LogP) is 0.860. The molecule has 0 saturated carbocycles. The van der Waals surface area contributed by atoms with E-state index in [4.69, 9.17) is 9.47 Å². The van der Waals surface area contributed by atoms with Gasteiger partial charge in [-0.2, -0.15) is 0 Å². The summed E-state index contributed by atoms with van der Waals surface area (Å²) in [6.45, 7) is 0. The molecule has 0 N–H and O–H groups in total. The highest BCUT2D eigenvalue weighted by Gasteiger charge is 2.49. The summed E-state index contributed by atoms with van der Waals surface area (Å²) in [4.78, 5) is 12.1. The first-order chi connectivity index (χ1) is 7.89. The van der Waals surface area contributed by atoms with Crippen molar-refractivity contribution in [1.29, 1.82) is 0 Å². The van der Waals surface area contributed by atoms with Gasteiger partial charge in [0.1, 0.15) is 0 Å². The zero-order valence-electron chi connectivity index (χ0n) is 9.84. The first-order valence-electron chi connectivity index (χ1n) is 4.79. The molecular weight excluding hydrogens is 244 g/mol. The molecule has 6 heteroatoms. The van der Waals surface area contributed by atoms with Crippen LogP contribution in [0.2, 0.25) is 0 Å². The smallest absolute Gasteiger partial charge is 0.335 e. The zero-order valence-corrected chi connectivity index (χ0v) is 10.7. The van der Waals surface area contributed by atoms with Gasteiger partial charge in [-0.05, 0) is 0 Å². The summed E-state index contributed by atoms with van der Waals surface area (Å²) in [7, 11) is -1.64. The van der Waals surface area contributed by atoms with E-state index in [9.17, 15) is 13.2 Å². The molecule has 0 aliphatic heterocycles. The summed E-state index contributed by atoms with van der Waals surface area (Å²) in [6.07, 6.45) is 0.890. The molecule has 0 atom stereocenters. The van der Waals surface area contributed by atoms with E-state index in [-0.39, 0.29) is 5.56 Å². The number of benzene rings is 1. The van der Waals surface area contributed by atoms with Crippen LogP contribution in [0.4, 0.5) is 0 Å². The first-order valence-corrected chi connectivity index (χ1v) is 6.68. The Morgan fingerprint density at radius 2 is 1.59 bits per heavy atom. The van der Waals surface area contributed by atoms with E-state index in [0.717, 1.165) is 20.5 Å². The maximum atomic E-state index is 12.1. The molecule has 0 heterocycles. The lowest BCUT2D eigenvalue weighted by molar-refractivity contribution is -0.108. The maximum Gasteiger partial charge on any atom is 0.339 e. The Bertz CT molecular complexity index is 488. The van der Waals surface area contributed by atoms with Crippen LogP contribution in [0.1, 0.15) is 10.4 Å². The second-order valence-electron chi connectivity index (χ2n) is 3.43. The number of methoxy groups -OCH3 is 2. The number of rotatable bonds is 5. The van der Waals surface area contributed by atoms with E-state index in [1.54, 1.807) is 18.2 Å².